The van der Waals surface area contributed by atoms with Gasteiger partial charge in [0.1, 0.15) is 5.75 Å². The first-order chi connectivity index (χ1) is 8.81. The summed E-state index contributed by atoms with van der Waals surface area (Å²) in [5.74, 6) is 0.943. The molecule has 1 fully saturated rings. The molecule has 94 valence electrons. The minimum atomic E-state index is -0.0322. The average Bonchev–Trinajstić information content (AvgIpc) is 3.06. The van der Waals surface area contributed by atoms with Gasteiger partial charge in [0, 0.05) is 17.1 Å². The lowest BCUT2D eigenvalue weighted by molar-refractivity contribution is 0.0954. The third kappa shape index (κ3) is 1.69. The third-order valence-corrected chi connectivity index (χ3v) is 3.54. The van der Waals surface area contributed by atoms with Crippen molar-refractivity contribution in [3.8, 4) is 5.75 Å². The largest absolute Gasteiger partial charge is 0.495 e. The van der Waals surface area contributed by atoms with E-state index in [4.69, 9.17) is 4.74 Å². The molecule has 2 aromatic rings. The summed E-state index contributed by atoms with van der Waals surface area (Å²) in [6.07, 6.45) is 3.78. The van der Waals surface area contributed by atoms with Crippen molar-refractivity contribution < 1.29 is 9.53 Å². The number of carbonyl (C=O) groups excluding carboxylic acids is 1. The van der Waals surface area contributed by atoms with Gasteiger partial charge in [0.15, 0.2) is 5.78 Å². The van der Waals surface area contributed by atoms with Gasteiger partial charge in [-0.25, -0.2) is 0 Å². The SMILES string of the molecule is COc1cccc2c(C(=O)C3CCCN3)c[nH]c12. The minimum absolute atomic E-state index is 0.0322. The predicted molar refractivity (Wildman–Crippen MR) is 70.2 cm³/mol. The Morgan fingerprint density at radius 2 is 2.33 bits per heavy atom. The Morgan fingerprint density at radius 3 is 3.06 bits per heavy atom. The van der Waals surface area contributed by atoms with E-state index in [1.807, 2.05) is 18.2 Å². The highest BCUT2D eigenvalue weighted by Crippen LogP contribution is 2.28. The predicted octanol–water partition coefficient (Wildman–Crippen LogP) is 2.11. The Morgan fingerprint density at radius 1 is 1.44 bits per heavy atom. The van der Waals surface area contributed by atoms with Crippen LogP contribution in [0.1, 0.15) is 23.2 Å². The molecular formula is C14H16N2O2. The van der Waals surface area contributed by atoms with Crippen LogP contribution in [0.3, 0.4) is 0 Å². The summed E-state index contributed by atoms with van der Waals surface area (Å²) in [5, 5.41) is 4.18. The Kier molecular flexibility index (Phi) is 2.80. The van der Waals surface area contributed by atoms with E-state index in [0.29, 0.717) is 0 Å². The zero-order valence-corrected chi connectivity index (χ0v) is 10.3. The molecule has 18 heavy (non-hydrogen) atoms. The average molecular weight is 244 g/mol. The molecule has 4 heteroatoms. The molecule has 1 aromatic heterocycles. The second kappa shape index (κ2) is 4.46. The fraction of sp³-hybridized carbons (Fsp3) is 0.357. The first kappa shape index (κ1) is 11.3. The van der Waals surface area contributed by atoms with E-state index >= 15 is 0 Å². The highest BCUT2D eigenvalue weighted by atomic mass is 16.5. The Balaban J connectivity index is 2.04. The van der Waals surface area contributed by atoms with E-state index in [9.17, 15) is 4.79 Å². The van der Waals surface area contributed by atoms with Crippen LogP contribution in [0.4, 0.5) is 0 Å². The van der Waals surface area contributed by atoms with Crippen molar-refractivity contribution >= 4 is 16.7 Å². The molecule has 0 amide bonds. The molecule has 1 aliphatic rings. The monoisotopic (exact) mass is 244 g/mol. The van der Waals surface area contributed by atoms with E-state index in [-0.39, 0.29) is 11.8 Å². The molecule has 0 bridgehead atoms. The van der Waals surface area contributed by atoms with Crippen LogP contribution in [-0.4, -0.2) is 30.5 Å². The number of para-hydroxylation sites is 1. The molecule has 3 rings (SSSR count). The normalized spacial score (nSPS) is 19.3. The first-order valence-corrected chi connectivity index (χ1v) is 6.23. The number of nitrogens with one attached hydrogen (secondary N) is 2. The quantitative estimate of drug-likeness (QED) is 0.813. The number of carbonyl (C=O) groups is 1. The summed E-state index contributed by atoms with van der Waals surface area (Å²) in [4.78, 5) is 15.5. The van der Waals surface area contributed by atoms with E-state index in [0.717, 1.165) is 41.6 Å². The van der Waals surface area contributed by atoms with Gasteiger partial charge in [0.05, 0.1) is 18.7 Å². The molecule has 1 aromatic carbocycles. The van der Waals surface area contributed by atoms with Gasteiger partial charge < -0.3 is 15.0 Å². The lowest BCUT2D eigenvalue weighted by atomic mass is 10.0. The fourth-order valence-electron chi connectivity index (χ4n) is 2.60. The Hall–Kier alpha value is -1.81. The van der Waals surface area contributed by atoms with E-state index in [1.165, 1.54) is 0 Å². The second-order valence-electron chi connectivity index (χ2n) is 4.60. The molecule has 2 N–H and O–H groups in total. The van der Waals surface area contributed by atoms with Crippen molar-refractivity contribution in [2.75, 3.05) is 13.7 Å². The fourth-order valence-corrected chi connectivity index (χ4v) is 2.60. The van der Waals surface area contributed by atoms with Crippen molar-refractivity contribution in [3.63, 3.8) is 0 Å². The van der Waals surface area contributed by atoms with Crippen LogP contribution in [-0.2, 0) is 0 Å². The van der Waals surface area contributed by atoms with Gasteiger partial charge >= 0.3 is 0 Å². The van der Waals surface area contributed by atoms with Gasteiger partial charge in [-0.1, -0.05) is 12.1 Å². The highest BCUT2D eigenvalue weighted by molar-refractivity contribution is 6.11. The minimum Gasteiger partial charge on any atom is -0.495 e. The van der Waals surface area contributed by atoms with Crippen LogP contribution in [0.25, 0.3) is 10.9 Å². The first-order valence-electron chi connectivity index (χ1n) is 6.23. The van der Waals surface area contributed by atoms with E-state index in [2.05, 4.69) is 10.3 Å². The summed E-state index contributed by atoms with van der Waals surface area (Å²) >= 11 is 0. The van der Waals surface area contributed by atoms with Gasteiger partial charge in [-0.05, 0) is 25.5 Å². The summed E-state index contributed by atoms with van der Waals surface area (Å²) in [5.41, 5.74) is 1.64. The summed E-state index contributed by atoms with van der Waals surface area (Å²) in [6.45, 7) is 0.933. The molecule has 0 radical (unpaired) electrons. The van der Waals surface area contributed by atoms with Crippen LogP contribution >= 0.6 is 0 Å². The molecular weight excluding hydrogens is 228 g/mol. The maximum Gasteiger partial charge on any atom is 0.181 e. The van der Waals surface area contributed by atoms with Crippen molar-refractivity contribution in [3.05, 3.63) is 30.0 Å². The molecule has 4 nitrogen and oxygen atoms in total. The molecule has 0 spiro atoms. The van der Waals surface area contributed by atoms with Crippen LogP contribution in [0.5, 0.6) is 5.75 Å². The van der Waals surface area contributed by atoms with Gasteiger partial charge in [0.2, 0.25) is 0 Å². The van der Waals surface area contributed by atoms with Crippen LogP contribution in [0, 0.1) is 0 Å². The van der Waals surface area contributed by atoms with Crippen LogP contribution in [0.15, 0.2) is 24.4 Å². The number of hydrogen-bond acceptors (Lipinski definition) is 3. The Bertz CT molecular complexity index is 582. The van der Waals surface area contributed by atoms with Crippen molar-refractivity contribution in [1.82, 2.24) is 10.3 Å². The number of aromatic nitrogens is 1. The van der Waals surface area contributed by atoms with Gasteiger partial charge in [-0.2, -0.15) is 0 Å². The zero-order valence-electron chi connectivity index (χ0n) is 10.3. The summed E-state index contributed by atoms with van der Waals surface area (Å²) in [6, 6.07) is 5.72. The maximum absolute atomic E-state index is 12.4. The zero-order chi connectivity index (χ0) is 12.5. The molecule has 1 unspecified atom stereocenters. The standard InChI is InChI=1S/C14H16N2O2/c1-18-12-6-2-4-9-10(8-16-13(9)12)14(17)11-5-3-7-15-11/h2,4,6,8,11,15-16H,3,5,7H2,1H3. The topological polar surface area (TPSA) is 54.1 Å². The molecule has 0 saturated carbocycles. The lowest BCUT2D eigenvalue weighted by Gasteiger charge is -2.08. The second-order valence-corrected chi connectivity index (χ2v) is 4.60. The van der Waals surface area contributed by atoms with Gasteiger partial charge in [-0.15, -0.1) is 0 Å². The summed E-state index contributed by atoms with van der Waals surface area (Å²) in [7, 11) is 1.63. The number of ether oxygens (including phenoxy) is 1. The molecule has 1 atom stereocenters. The molecule has 2 heterocycles. The third-order valence-electron chi connectivity index (χ3n) is 3.54. The molecule has 1 saturated heterocycles. The van der Waals surface area contributed by atoms with E-state index < -0.39 is 0 Å². The van der Waals surface area contributed by atoms with Crippen molar-refractivity contribution in [2.24, 2.45) is 0 Å². The highest BCUT2D eigenvalue weighted by Gasteiger charge is 2.25. The van der Waals surface area contributed by atoms with Gasteiger partial charge in [-0.3, -0.25) is 4.79 Å². The molecule has 1 aliphatic heterocycles. The number of aromatic amines is 1. The number of methoxy groups -OCH3 is 1. The van der Waals surface area contributed by atoms with Crippen LogP contribution < -0.4 is 10.1 Å². The maximum atomic E-state index is 12.4. The number of Topliss-reactive ketones (excluding diaryl/α,β-unsaturated/α-hetero) is 1. The number of benzene rings is 1. The number of fused-ring (bicyclic) bond motifs is 1. The number of ketones is 1. The van der Waals surface area contributed by atoms with E-state index in [1.54, 1.807) is 13.3 Å². The number of H-pyrrole nitrogens is 1. The number of rotatable bonds is 3. The van der Waals surface area contributed by atoms with Crippen molar-refractivity contribution in [1.29, 1.82) is 0 Å². The van der Waals surface area contributed by atoms with Crippen LogP contribution in [0.2, 0.25) is 0 Å². The number of hydrogen-bond donors (Lipinski definition) is 2. The lowest BCUT2D eigenvalue weighted by Crippen LogP contribution is -2.30. The smallest absolute Gasteiger partial charge is 0.181 e. The summed E-state index contributed by atoms with van der Waals surface area (Å²) < 4.78 is 5.29. The Labute approximate surface area is 105 Å². The van der Waals surface area contributed by atoms with Gasteiger partial charge in [0.25, 0.3) is 0 Å². The van der Waals surface area contributed by atoms with Crippen molar-refractivity contribution in [2.45, 2.75) is 18.9 Å². The molecule has 0 aliphatic carbocycles.